The first kappa shape index (κ1) is 21.1. The highest BCUT2D eigenvalue weighted by molar-refractivity contribution is 6.14. The lowest BCUT2D eigenvalue weighted by Crippen LogP contribution is -2.44. The van der Waals surface area contributed by atoms with Gasteiger partial charge in [0.05, 0.1) is 12.5 Å². The number of carbonyl (C=O) groups excluding carboxylic acids is 1. The molecule has 0 aromatic heterocycles. The summed E-state index contributed by atoms with van der Waals surface area (Å²) in [5.41, 5.74) is 5.31. The van der Waals surface area contributed by atoms with Crippen LogP contribution in [-0.2, 0) is 14.4 Å². The van der Waals surface area contributed by atoms with Crippen LogP contribution in [0.2, 0.25) is 0 Å². The van der Waals surface area contributed by atoms with Crippen molar-refractivity contribution in [3.8, 4) is 0 Å². The summed E-state index contributed by atoms with van der Waals surface area (Å²) in [6.45, 7) is 7.53. The van der Waals surface area contributed by atoms with Crippen molar-refractivity contribution >= 4 is 11.7 Å². The van der Waals surface area contributed by atoms with Crippen molar-refractivity contribution < 1.29 is 14.4 Å². The molecule has 0 unspecified atom stereocenters. The van der Waals surface area contributed by atoms with Gasteiger partial charge in [0.2, 0.25) is 0 Å². The Balaban J connectivity index is 1.68. The maximum Gasteiger partial charge on any atom is 0.310 e. The van der Waals surface area contributed by atoms with Crippen LogP contribution in [0, 0.1) is 19.8 Å². The van der Waals surface area contributed by atoms with Gasteiger partial charge in [0.25, 0.3) is 0 Å². The zero-order valence-corrected chi connectivity index (χ0v) is 17.5. The van der Waals surface area contributed by atoms with Gasteiger partial charge in [0, 0.05) is 23.7 Å². The number of esters is 1. The number of hydrogen-bond donors (Lipinski definition) is 1. The van der Waals surface area contributed by atoms with Crippen LogP contribution in [0.15, 0.2) is 53.7 Å². The third-order valence-electron chi connectivity index (χ3n) is 5.37. The smallest absolute Gasteiger partial charge is 0.310 e. The number of piperidine rings is 1. The molecule has 2 atom stereocenters. The first-order chi connectivity index (χ1) is 14.1. The summed E-state index contributed by atoms with van der Waals surface area (Å²) in [7, 11) is 0. The summed E-state index contributed by atoms with van der Waals surface area (Å²) in [6.07, 6.45) is 1.68. The van der Waals surface area contributed by atoms with Gasteiger partial charge in [-0.1, -0.05) is 53.7 Å². The fourth-order valence-electron chi connectivity index (χ4n) is 3.63. The minimum absolute atomic E-state index is 0.0656. The lowest BCUT2D eigenvalue weighted by Gasteiger charge is -2.27. The normalized spacial score (nSPS) is 18.7. The molecule has 1 aliphatic rings. The molecule has 2 aromatic rings. The lowest BCUT2D eigenvalue weighted by molar-refractivity contribution is -0.148. The molecule has 1 aliphatic heterocycles. The van der Waals surface area contributed by atoms with Gasteiger partial charge in [0.1, 0.15) is 12.3 Å². The minimum atomic E-state index is -0.112. The molecule has 1 N–H and O–H groups in total. The quantitative estimate of drug-likeness (QED) is 0.438. The number of nitrogens with one attached hydrogen (secondary N) is 1. The van der Waals surface area contributed by atoms with Gasteiger partial charge in [-0.05, 0) is 44.7 Å². The van der Waals surface area contributed by atoms with E-state index in [2.05, 4.69) is 48.6 Å². The molecule has 0 amide bonds. The summed E-state index contributed by atoms with van der Waals surface area (Å²) in [4.78, 5) is 17.7. The highest BCUT2D eigenvalue weighted by Gasteiger charge is 2.27. The van der Waals surface area contributed by atoms with Crippen LogP contribution in [0.3, 0.4) is 0 Å². The van der Waals surface area contributed by atoms with Crippen LogP contribution in [0.25, 0.3) is 0 Å². The monoisotopic (exact) mass is 394 g/mol. The van der Waals surface area contributed by atoms with Crippen molar-refractivity contribution in [2.24, 2.45) is 11.1 Å². The fourth-order valence-corrected chi connectivity index (χ4v) is 3.63. The van der Waals surface area contributed by atoms with Crippen molar-refractivity contribution in [3.05, 3.63) is 70.8 Å². The maximum absolute atomic E-state index is 11.9. The van der Waals surface area contributed by atoms with Crippen LogP contribution in [0.1, 0.15) is 42.0 Å². The molecule has 5 heteroatoms. The zero-order chi connectivity index (χ0) is 20.6. The van der Waals surface area contributed by atoms with E-state index in [1.807, 2.05) is 31.2 Å². The van der Waals surface area contributed by atoms with Gasteiger partial charge < -0.3 is 14.9 Å². The van der Waals surface area contributed by atoms with E-state index in [0.717, 1.165) is 40.8 Å². The van der Waals surface area contributed by atoms with Crippen LogP contribution in [-0.4, -0.2) is 37.5 Å². The van der Waals surface area contributed by atoms with Crippen LogP contribution >= 0.6 is 0 Å². The van der Waals surface area contributed by atoms with E-state index in [4.69, 9.17) is 9.57 Å². The molecule has 0 saturated carbocycles. The Morgan fingerprint density at radius 1 is 1.03 bits per heavy atom. The SMILES string of the molecule is CCOC(=O)[C@@H]1CC[C@H](CON=C(c2ccccc2C)c2ccccc2C)NC1. The second-order valence-corrected chi connectivity index (χ2v) is 7.50. The van der Waals surface area contributed by atoms with E-state index in [0.29, 0.717) is 19.8 Å². The van der Waals surface area contributed by atoms with Gasteiger partial charge in [0.15, 0.2) is 0 Å². The van der Waals surface area contributed by atoms with Crippen molar-refractivity contribution in [1.29, 1.82) is 0 Å². The number of oxime groups is 1. The summed E-state index contributed by atoms with van der Waals surface area (Å²) >= 11 is 0. The molecule has 0 radical (unpaired) electrons. The van der Waals surface area contributed by atoms with Crippen molar-refractivity contribution in [3.63, 3.8) is 0 Å². The van der Waals surface area contributed by atoms with Gasteiger partial charge in [-0.2, -0.15) is 0 Å². The number of aryl methyl sites for hydroxylation is 2. The van der Waals surface area contributed by atoms with E-state index < -0.39 is 0 Å². The molecular weight excluding hydrogens is 364 g/mol. The van der Waals surface area contributed by atoms with E-state index in [9.17, 15) is 4.79 Å². The molecule has 154 valence electrons. The van der Waals surface area contributed by atoms with Crippen LogP contribution in [0.5, 0.6) is 0 Å². The van der Waals surface area contributed by atoms with E-state index in [1.165, 1.54) is 0 Å². The summed E-state index contributed by atoms with van der Waals surface area (Å²) < 4.78 is 5.12. The van der Waals surface area contributed by atoms with Crippen molar-refractivity contribution in [2.45, 2.75) is 39.7 Å². The number of nitrogens with zero attached hydrogens (tertiary/aromatic N) is 1. The molecule has 29 heavy (non-hydrogen) atoms. The molecule has 3 rings (SSSR count). The Kier molecular flexibility index (Phi) is 7.42. The molecule has 0 bridgehead atoms. The number of benzene rings is 2. The van der Waals surface area contributed by atoms with Gasteiger partial charge in [-0.15, -0.1) is 0 Å². The predicted molar refractivity (Wildman–Crippen MR) is 115 cm³/mol. The molecule has 5 nitrogen and oxygen atoms in total. The Bertz CT molecular complexity index is 807. The van der Waals surface area contributed by atoms with Gasteiger partial charge in [-0.3, -0.25) is 4.79 Å². The summed E-state index contributed by atoms with van der Waals surface area (Å²) in [6, 6.07) is 16.6. The lowest BCUT2D eigenvalue weighted by atomic mass is 9.95. The first-order valence-electron chi connectivity index (χ1n) is 10.3. The molecule has 0 aliphatic carbocycles. The summed E-state index contributed by atoms with van der Waals surface area (Å²) in [5.74, 6) is -0.178. The molecular formula is C24H30N2O3. The van der Waals surface area contributed by atoms with Crippen molar-refractivity contribution in [1.82, 2.24) is 5.32 Å². The van der Waals surface area contributed by atoms with Crippen molar-refractivity contribution in [2.75, 3.05) is 19.8 Å². The number of hydrogen-bond acceptors (Lipinski definition) is 5. The highest BCUT2D eigenvalue weighted by Crippen LogP contribution is 2.19. The number of ether oxygens (including phenoxy) is 1. The highest BCUT2D eigenvalue weighted by atomic mass is 16.6. The number of carbonyl (C=O) groups is 1. The second kappa shape index (κ2) is 10.2. The average Bonchev–Trinajstić information content (AvgIpc) is 2.73. The minimum Gasteiger partial charge on any atom is -0.466 e. The molecule has 1 saturated heterocycles. The van der Waals surface area contributed by atoms with E-state index in [1.54, 1.807) is 0 Å². The Labute approximate surface area is 173 Å². The number of rotatable bonds is 7. The third-order valence-corrected chi connectivity index (χ3v) is 5.37. The molecule has 2 aromatic carbocycles. The summed E-state index contributed by atoms with van der Waals surface area (Å²) in [5, 5.41) is 7.94. The predicted octanol–water partition coefficient (Wildman–Crippen LogP) is 4.00. The first-order valence-corrected chi connectivity index (χ1v) is 10.3. The van der Waals surface area contributed by atoms with Crippen LogP contribution in [0.4, 0.5) is 0 Å². The van der Waals surface area contributed by atoms with E-state index >= 15 is 0 Å². The van der Waals surface area contributed by atoms with E-state index in [-0.39, 0.29) is 17.9 Å². The Morgan fingerprint density at radius 2 is 1.66 bits per heavy atom. The Hall–Kier alpha value is -2.66. The molecule has 1 heterocycles. The second-order valence-electron chi connectivity index (χ2n) is 7.50. The molecule has 1 fully saturated rings. The standard InChI is InChI=1S/C24H30N2O3/c1-4-28-24(27)19-13-14-20(25-15-19)16-29-26-23(21-11-7-5-9-17(21)2)22-12-8-6-10-18(22)3/h5-12,19-20,25H,4,13-16H2,1-3H3/t19-,20-/m1/s1. The average molecular weight is 395 g/mol. The zero-order valence-electron chi connectivity index (χ0n) is 17.5. The van der Waals surface area contributed by atoms with Gasteiger partial charge in [-0.25, -0.2) is 0 Å². The largest absolute Gasteiger partial charge is 0.466 e. The molecule has 0 spiro atoms. The third kappa shape index (κ3) is 5.45. The fraction of sp³-hybridized carbons (Fsp3) is 0.417. The topological polar surface area (TPSA) is 59.9 Å². The van der Waals surface area contributed by atoms with Crippen LogP contribution < -0.4 is 5.32 Å². The van der Waals surface area contributed by atoms with Gasteiger partial charge >= 0.3 is 5.97 Å². The Morgan fingerprint density at radius 3 is 2.17 bits per heavy atom. The maximum atomic E-state index is 11.9.